The number of rotatable bonds is 8. The summed E-state index contributed by atoms with van der Waals surface area (Å²) < 4.78 is 31.7. The highest BCUT2D eigenvalue weighted by molar-refractivity contribution is 7.89. The number of carbonyl (C=O) groups is 1. The largest absolute Gasteiger partial charge is 0.494 e. The quantitative estimate of drug-likeness (QED) is 0.740. The van der Waals surface area contributed by atoms with E-state index >= 15 is 0 Å². The molecule has 1 aromatic carbocycles. The molecule has 0 radical (unpaired) electrons. The SMILES string of the molecule is CCOc1ccc(S(=O)(=O)NCC(=O)NCc2cscn2)cc1. The molecule has 0 atom stereocenters. The van der Waals surface area contributed by atoms with Gasteiger partial charge < -0.3 is 10.1 Å². The van der Waals surface area contributed by atoms with E-state index in [9.17, 15) is 13.2 Å². The Hall–Kier alpha value is -1.97. The van der Waals surface area contributed by atoms with Crippen molar-refractivity contribution in [2.75, 3.05) is 13.2 Å². The Bertz CT molecular complexity index is 728. The average Bonchev–Trinajstić information content (AvgIpc) is 3.05. The lowest BCUT2D eigenvalue weighted by atomic mass is 10.3. The lowest BCUT2D eigenvalue weighted by molar-refractivity contribution is -0.120. The number of carbonyl (C=O) groups excluding carboxylic acids is 1. The first kappa shape index (κ1) is 17.4. The Kier molecular flexibility index (Phi) is 6.08. The van der Waals surface area contributed by atoms with Crippen LogP contribution < -0.4 is 14.8 Å². The first-order valence-electron chi connectivity index (χ1n) is 6.87. The van der Waals surface area contributed by atoms with Crippen LogP contribution in [0.2, 0.25) is 0 Å². The number of amides is 1. The fourth-order valence-electron chi connectivity index (χ4n) is 1.70. The number of hydrogen-bond donors (Lipinski definition) is 2. The van der Waals surface area contributed by atoms with Crippen molar-refractivity contribution in [2.24, 2.45) is 0 Å². The van der Waals surface area contributed by atoms with Gasteiger partial charge in [-0.05, 0) is 31.2 Å². The van der Waals surface area contributed by atoms with Crippen molar-refractivity contribution < 1.29 is 17.9 Å². The molecule has 1 aromatic heterocycles. The van der Waals surface area contributed by atoms with Crippen molar-refractivity contribution in [3.63, 3.8) is 0 Å². The van der Waals surface area contributed by atoms with Gasteiger partial charge in [-0.1, -0.05) is 0 Å². The smallest absolute Gasteiger partial charge is 0.241 e. The lowest BCUT2D eigenvalue weighted by Gasteiger charge is -2.08. The van der Waals surface area contributed by atoms with Gasteiger partial charge in [0.05, 0.1) is 35.8 Å². The fourth-order valence-corrected chi connectivity index (χ4v) is 3.24. The maximum atomic E-state index is 12.1. The maximum absolute atomic E-state index is 12.1. The van der Waals surface area contributed by atoms with E-state index in [0.717, 1.165) is 5.69 Å². The van der Waals surface area contributed by atoms with E-state index < -0.39 is 15.9 Å². The predicted molar refractivity (Wildman–Crippen MR) is 86.8 cm³/mol. The summed E-state index contributed by atoms with van der Waals surface area (Å²) >= 11 is 1.43. The average molecular weight is 355 g/mol. The third-order valence-corrected chi connectivity index (χ3v) is 4.87. The standard InChI is InChI=1S/C14H17N3O4S2/c1-2-21-12-3-5-13(6-4-12)23(19,20)17-8-14(18)15-7-11-9-22-10-16-11/h3-6,9-10,17H,2,7-8H2,1H3,(H,15,18). The second kappa shape index (κ2) is 8.04. The van der Waals surface area contributed by atoms with E-state index in [1.807, 2.05) is 12.3 Å². The summed E-state index contributed by atoms with van der Waals surface area (Å²) in [5.74, 6) is 0.167. The van der Waals surface area contributed by atoms with Gasteiger partial charge in [-0.2, -0.15) is 0 Å². The fraction of sp³-hybridized carbons (Fsp3) is 0.286. The molecule has 0 saturated heterocycles. The monoisotopic (exact) mass is 355 g/mol. The Morgan fingerprint density at radius 3 is 2.65 bits per heavy atom. The number of sulfonamides is 1. The Balaban J connectivity index is 1.86. The number of hydrogen-bond acceptors (Lipinski definition) is 6. The van der Waals surface area contributed by atoms with Crippen molar-refractivity contribution in [1.82, 2.24) is 15.0 Å². The molecule has 0 aliphatic carbocycles. The number of ether oxygens (including phenoxy) is 1. The number of nitrogens with zero attached hydrogens (tertiary/aromatic N) is 1. The zero-order chi connectivity index (χ0) is 16.7. The highest BCUT2D eigenvalue weighted by atomic mass is 32.2. The highest BCUT2D eigenvalue weighted by Crippen LogP contribution is 2.15. The Morgan fingerprint density at radius 2 is 2.04 bits per heavy atom. The van der Waals surface area contributed by atoms with Gasteiger partial charge in [-0.3, -0.25) is 4.79 Å². The molecule has 9 heteroatoms. The van der Waals surface area contributed by atoms with E-state index in [1.54, 1.807) is 17.6 Å². The predicted octanol–water partition coefficient (Wildman–Crippen LogP) is 1.14. The van der Waals surface area contributed by atoms with E-state index in [1.165, 1.54) is 23.5 Å². The molecule has 0 saturated carbocycles. The van der Waals surface area contributed by atoms with Gasteiger partial charge in [0.25, 0.3) is 0 Å². The van der Waals surface area contributed by atoms with Gasteiger partial charge >= 0.3 is 0 Å². The van der Waals surface area contributed by atoms with Crippen molar-refractivity contribution >= 4 is 27.3 Å². The Labute approximate surface area is 138 Å². The van der Waals surface area contributed by atoms with Crippen LogP contribution in [-0.4, -0.2) is 32.5 Å². The van der Waals surface area contributed by atoms with Crippen LogP contribution >= 0.6 is 11.3 Å². The third kappa shape index (κ3) is 5.31. The molecular weight excluding hydrogens is 338 g/mol. The molecule has 0 aliphatic rings. The van der Waals surface area contributed by atoms with Crippen molar-refractivity contribution in [3.05, 3.63) is 40.8 Å². The van der Waals surface area contributed by atoms with Gasteiger partial charge in [0.15, 0.2) is 0 Å². The lowest BCUT2D eigenvalue weighted by Crippen LogP contribution is -2.36. The van der Waals surface area contributed by atoms with E-state index in [0.29, 0.717) is 12.4 Å². The first-order chi connectivity index (χ1) is 11.0. The van der Waals surface area contributed by atoms with Crippen LogP contribution in [-0.2, 0) is 21.4 Å². The van der Waals surface area contributed by atoms with Crippen molar-refractivity contribution in [3.8, 4) is 5.75 Å². The van der Waals surface area contributed by atoms with Crippen LogP contribution in [0, 0.1) is 0 Å². The molecule has 2 aromatic rings. The normalized spacial score (nSPS) is 11.2. The second-order valence-electron chi connectivity index (χ2n) is 4.49. The summed E-state index contributed by atoms with van der Waals surface area (Å²) in [6, 6.07) is 6.00. The summed E-state index contributed by atoms with van der Waals surface area (Å²) in [5, 5.41) is 4.40. The van der Waals surface area contributed by atoms with Gasteiger partial charge in [0.2, 0.25) is 15.9 Å². The first-order valence-corrected chi connectivity index (χ1v) is 9.30. The molecule has 0 unspecified atom stereocenters. The second-order valence-corrected chi connectivity index (χ2v) is 6.97. The van der Waals surface area contributed by atoms with E-state index in [4.69, 9.17) is 4.74 Å². The molecule has 0 fully saturated rings. The van der Waals surface area contributed by atoms with Crippen LogP contribution in [0.5, 0.6) is 5.75 Å². The summed E-state index contributed by atoms with van der Waals surface area (Å²) in [4.78, 5) is 15.8. The number of aromatic nitrogens is 1. The Morgan fingerprint density at radius 1 is 1.30 bits per heavy atom. The van der Waals surface area contributed by atoms with E-state index in [-0.39, 0.29) is 18.0 Å². The molecule has 0 spiro atoms. The van der Waals surface area contributed by atoms with Gasteiger partial charge in [-0.15, -0.1) is 11.3 Å². The number of thiazole rings is 1. The molecule has 1 amide bonds. The minimum Gasteiger partial charge on any atom is -0.494 e. The highest BCUT2D eigenvalue weighted by Gasteiger charge is 2.15. The third-order valence-electron chi connectivity index (χ3n) is 2.82. The minimum absolute atomic E-state index is 0.0771. The topological polar surface area (TPSA) is 97.4 Å². The van der Waals surface area contributed by atoms with Crippen LogP contribution in [0.3, 0.4) is 0 Å². The zero-order valence-corrected chi connectivity index (χ0v) is 14.1. The molecular formula is C14H17N3O4S2. The van der Waals surface area contributed by atoms with Crippen molar-refractivity contribution in [1.29, 1.82) is 0 Å². The maximum Gasteiger partial charge on any atom is 0.241 e. The molecule has 2 rings (SSSR count). The molecule has 0 bridgehead atoms. The van der Waals surface area contributed by atoms with Gasteiger partial charge in [0, 0.05) is 5.38 Å². The summed E-state index contributed by atoms with van der Waals surface area (Å²) in [5.41, 5.74) is 2.40. The number of nitrogens with one attached hydrogen (secondary N) is 2. The van der Waals surface area contributed by atoms with Crippen LogP contribution in [0.25, 0.3) is 0 Å². The van der Waals surface area contributed by atoms with Gasteiger partial charge in [-0.25, -0.2) is 18.1 Å². The molecule has 0 aliphatic heterocycles. The molecule has 2 N–H and O–H groups in total. The summed E-state index contributed by atoms with van der Waals surface area (Å²) in [6.07, 6.45) is 0. The van der Waals surface area contributed by atoms with Crippen LogP contribution in [0.1, 0.15) is 12.6 Å². The molecule has 23 heavy (non-hydrogen) atoms. The zero-order valence-electron chi connectivity index (χ0n) is 12.5. The van der Waals surface area contributed by atoms with Crippen LogP contribution in [0.15, 0.2) is 40.1 Å². The molecule has 7 nitrogen and oxygen atoms in total. The van der Waals surface area contributed by atoms with Crippen molar-refractivity contribution in [2.45, 2.75) is 18.4 Å². The summed E-state index contributed by atoms with van der Waals surface area (Å²) in [7, 11) is -3.74. The summed E-state index contributed by atoms with van der Waals surface area (Å²) in [6.45, 7) is 2.28. The molecule has 124 valence electrons. The van der Waals surface area contributed by atoms with Gasteiger partial charge in [0.1, 0.15) is 5.75 Å². The van der Waals surface area contributed by atoms with E-state index in [2.05, 4.69) is 15.0 Å². The van der Waals surface area contributed by atoms with Crippen LogP contribution in [0.4, 0.5) is 0 Å². The minimum atomic E-state index is -3.74. The number of benzene rings is 1. The molecule has 1 heterocycles.